The quantitative estimate of drug-likeness (QED) is 0.380. The maximum Gasteiger partial charge on any atom is 0.293 e. The van der Waals surface area contributed by atoms with Crippen LogP contribution in [0.25, 0.3) is 16.2 Å². The third-order valence-electron chi connectivity index (χ3n) is 4.59. The molecule has 0 unspecified atom stereocenters. The number of para-hydroxylation sites is 1. The Bertz CT molecular complexity index is 1260. The van der Waals surface area contributed by atoms with E-state index < -0.39 is 10.8 Å². The van der Waals surface area contributed by atoms with Crippen LogP contribution in [-0.4, -0.2) is 20.2 Å². The van der Waals surface area contributed by atoms with E-state index in [1.807, 2.05) is 0 Å². The molecule has 4 aromatic rings. The van der Waals surface area contributed by atoms with Gasteiger partial charge >= 0.3 is 0 Å². The third-order valence-corrected chi connectivity index (χ3v) is 5.74. The third kappa shape index (κ3) is 3.36. The number of aryl methyl sites for hydroxylation is 2. The lowest BCUT2D eigenvalue weighted by Gasteiger charge is -2.08. The molecule has 2 aromatic heterocycles. The molecule has 29 heavy (non-hydrogen) atoms. The molecule has 2 aromatic carbocycles. The maximum absolute atomic E-state index is 13.1. The predicted octanol–water partition coefficient (Wildman–Crippen LogP) is 4.98. The zero-order valence-electron chi connectivity index (χ0n) is 15.5. The van der Waals surface area contributed by atoms with Crippen molar-refractivity contribution in [1.82, 2.24) is 9.38 Å². The first-order valence-corrected chi connectivity index (χ1v) is 9.46. The van der Waals surface area contributed by atoms with Crippen LogP contribution < -0.4 is 5.32 Å². The number of imidazole rings is 1. The first kappa shape index (κ1) is 18.8. The van der Waals surface area contributed by atoms with Gasteiger partial charge in [0.2, 0.25) is 0 Å². The maximum atomic E-state index is 13.1. The first-order chi connectivity index (χ1) is 13.8. The lowest BCUT2D eigenvalue weighted by molar-refractivity contribution is -0.384. The zero-order valence-corrected chi connectivity index (χ0v) is 16.3. The van der Waals surface area contributed by atoms with Crippen molar-refractivity contribution in [3.63, 3.8) is 0 Å². The normalized spacial score (nSPS) is 11.0. The predicted molar refractivity (Wildman–Crippen MR) is 109 cm³/mol. The van der Waals surface area contributed by atoms with Gasteiger partial charge in [0.15, 0.2) is 4.96 Å². The molecule has 0 radical (unpaired) electrons. The monoisotopic (exact) mass is 410 g/mol. The molecule has 0 aliphatic heterocycles. The number of carbonyl (C=O) groups excluding carboxylic acids is 1. The second-order valence-electron chi connectivity index (χ2n) is 6.48. The van der Waals surface area contributed by atoms with Crippen LogP contribution in [0.15, 0.2) is 48.7 Å². The summed E-state index contributed by atoms with van der Waals surface area (Å²) in [4.78, 5) is 29.1. The van der Waals surface area contributed by atoms with Crippen LogP contribution in [-0.2, 0) is 0 Å². The summed E-state index contributed by atoms with van der Waals surface area (Å²) in [6, 6.07) is 10.6. The van der Waals surface area contributed by atoms with Crippen LogP contribution in [0.2, 0.25) is 0 Å². The van der Waals surface area contributed by atoms with Gasteiger partial charge in [0.1, 0.15) is 16.4 Å². The van der Waals surface area contributed by atoms with E-state index in [4.69, 9.17) is 0 Å². The molecule has 0 aliphatic carbocycles. The summed E-state index contributed by atoms with van der Waals surface area (Å²) in [5.41, 5.74) is 2.73. The summed E-state index contributed by atoms with van der Waals surface area (Å²) in [6.07, 6.45) is 1.78. The van der Waals surface area contributed by atoms with Crippen molar-refractivity contribution in [3.05, 3.63) is 80.7 Å². The summed E-state index contributed by atoms with van der Waals surface area (Å²) in [6.45, 7) is 3.48. The Hall–Kier alpha value is -3.59. The Morgan fingerprint density at radius 2 is 1.93 bits per heavy atom. The van der Waals surface area contributed by atoms with E-state index in [0.29, 0.717) is 26.8 Å². The number of amides is 1. The molecule has 146 valence electrons. The van der Waals surface area contributed by atoms with Crippen molar-refractivity contribution < 1.29 is 14.1 Å². The van der Waals surface area contributed by atoms with E-state index in [9.17, 15) is 19.3 Å². The minimum absolute atomic E-state index is 0.157. The fraction of sp³-hybridized carbons (Fsp3) is 0.100. The second kappa shape index (κ2) is 7.10. The van der Waals surface area contributed by atoms with Crippen LogP contribution in [0.1, 0.15) is 20.9 Å². The minimum atomic E-state index is -0.522. The highest BCUT2D eigenvalue weighted by molar-refractivity contribution is 7.19. The van der Waals surface area contributed by atoms with Gasteiger partial charge in [0.25, 0.3) is 11.6 Å². The number of nitro benzene ring substituents is 1. The molecule has 0 spiro atoms. The van der Waals surface area contributed by atoms with Crippen LogP contribution in [0.3, 0.4) is 0 Å². The van der Waals surface area contributed by atoms with Crippen molar-refractivity contribution in [3.8, 4) is 11.3 Å². The van der Waals surface area contributed by atoms with Crippen molar-refractivity contribution in [2.45, 2.75) is 13.8 Å². The number of carbonyl (C=O) groups is 1. The lowest BCUT2D eigenvalue weighted by Crippen LogP contribution is -2.14. The van der Waals surface area contributed by atoms with Crippen LogP contribution in [0.5, 0.6) is 0 Å². The number of benzene rings is 2. The van der Waals surface area contributed by atoms with Gasteiger partial charge in [0, 0.05) is 23.5 Å². The number of rotatable bonds is 4. The Kier molecular flexibility index (Phi) is 4.59. The van der Waals surface area contributed by atoms with Gasteiger partial charge in [-0.05, 0) is 43.7 Å². The Labute approximate surface area is 168 Å². The molecular formula is C20H15FN4O3S. The molecule has 0 saturated heterocycles. The molecule has 2 heterocycles. The summed E-state index contributed by atoms with van der Waals surface area (Å²) >= 11 is 1.19. The Morgan fingerprint density at radius 3 is 2.59 bits per heavy atom. The van der Waals surface area contributed by atoms with Crippen molar-refractivity contribution >= 4 is 33.6 Å². The Morgan fingerprint density at radius 1 is 1.21 bits per heavy atom. The van der Waals surface area contributed by atoms with Gasteiger partial charge in [-0.1, -0.05) is 23.5 Å². The van der Waals surface area contributed by atoms with Gasteiger partial charge in [-0.25, -0.2) is 9.37 Å². The molecule has 4 rings (SSSR count). The van der Waals surface area contributed by atoms with Crippen molar-refractivity contribution in [2.75, 3.05) is 5.32 Å². The van der Waals surface area contributed by atoms with Crippen LogP contribution in [0.4, 0.5) is 15.8 Å². The topological polar surface area (TPSA) is 89.5 Å². The van der Waals surface area contributed by atoms with E-state index in [0.717, 1.165) is 5.56 Å². The number of thiazole rings is 1. The van der Waals surface area contributed by atoms with E-state index in [-0.39, 0.29) is 17.2 Å². The largest absolute Gasteiger partial charge is 0.315 e. The lowest BCUT2D eigenvalue weighted by atomic mass is 10.1. The van der Waals surface area contributed by atoms with Crippen LogP contribution in [0, 0.1) is 29.8 Å². The standard InChI is InChI=1S/C20H15FN4O3S/c1-11-4-3-5-16(25(27)28)17(11)23-19(26)18-12(2)24-10-15(22-20(24)29-18)13-6-8-14(21)9-7-13/h3-10H,1-2H3,(H,23,26). The molecule has 0 fully saturated rings. The van der Waals surface area contributed by atoms with Gasteiger partial charge in [-0.2, -0.15) is 0 Å². The molecule has 1 amide bonds. The van der Waals surface area contributed by atoms with Gasteiger partial charge in [-0.3, -0.25) is 19.3 Å². The molecule has 7 nitrogen and oxygen atoms in total. The van der Waals surface area contributed by atoms with Gasteiger partial charge < -0.3 is 5.32 Å². The minimum Gasteiger partial charge on any atom is -0.315 e. The van der Waals surface area contributed by atoms with E-state index >= 15 is 0 Å². The molecular weight excluding hydrogens is 395 g/mol. The summed E-state index contributed by atoms with van der Waals surface area (Å²) in [7, 11) is 0. The highest BCUT2D eigenvalue weighted by Crippen LogP contribution is 2.31. The highest BCUT2D eigenvalue weighted by atomic mass is 32.1. The van der Waals surface area contributed by atoms with Crippen molar-refractivity contribution in [2.24, 2.45) is 0 Å². The van der Waals surface area contributed by atoms with E-state index in [1.54, 1.807) is 48.7 Å². The number of nitro groups is 1. The highest BCUT2D eigenvalue weighted by Gasteiger charge is 2.22. The summed E-state index contributed by atoms with van der Waals surface area (Å²) in [5.74, 6) is -0.756. The molecule has 0 atom stereocenters. The fourth-order valence-electron chi connectivity index (χ4n) is 3.06. The Balaban J connectivity index is 1.68. The van der Waals surface area contributed by atoms with Crippen molar-refractivity contribution in [1.29, 1.82) is 0 Å². The second-order valence-corrected chi connectivity index (χ2v) is 7.46. The summed E-state index contributed by atoms with van der Waals surface area (Å²) in [5, 5.41) is 13.9. The van der Waals surface area contributed by atoms with E-state index in [1.165, 1.54) is 29.5 Å². The fourth-order valence-corrected chi connectivity index (χ4v) is 4.06. The van der Waals surface area contributed by atoms with Crippen LogP contribution >= 0.6 is 11.3 Å². The number of nitrogens with one attached hydrogen (secondary N) is 1. The number of fused-ring (bicyclic) bond motifs is 1. The molecule has 0 aliphatic rings. The number of hydrogen-bond acceptors (Lipinski definition) is 5. The zero-order chi connectivity index (χ0) is 20.7. The number of hydrogen-bond donors (Lipinski definition) is 1. The number of anilines is 1. The molecule has 0 saturated carbocycles. The molecule has 9 heteroatoms. The molecule has 0 bridgehead atoms. The average molecular weight is 410 g/mol. The number of aromatic nitrogens is 2. The number of halogens is 1. The molecule has 1 N–H and O–H groups in total. The van der Waals surface area contributed by atoms with Gasteiger partial charge in [0.05, 0.1) is 10.6 Å². The summed E-state index contributed by atoms with van der Waals surface area (Å²) < 4.78 is 14.9. The van der Waals surface area contributed by atoms with E-state index in [2.05, 4.69) is 10.3 Å². The smallest absolute Gasteiger partial charge is 0.293 e. The SMILES string of the molecule is Cc1cccc([N+](=O)[O-])c1NC(=O)c1sc2nc(-c3ccc(F)cc3)cn2c1C. The average Bonchev–Trinajstić information content (AvgIpc) is 3.23. The van der Waals surface area contributed by atoms with Gasteiger partial charge in [-0.15, -0.1) is 0 Å². The first-order valence-electron chi connectivity index (χ1n) is 8.65. The number of nitrogens with zero attached hydrogens (tertiary/aromatic N) is 3.